The first-order valence-corrected chi connectivity index (χ1v) is 9.98. The van der Waals surface area contributed by atoms with Crippen molar-refractivity contribution in [3.05, 3.63) is 64.7 Å². The lowest BCUT2D eigenvalue weighted by molar-refractivity contribution is 0.0547. The van der Waals surface area contributed by atoms with Crippen LogP contribution < -0.4 is 5.32 Å². The molecule has 1 aliphatic heterocycles. The summed E-state index contributed by atoms with van der Waals surface area (Å²) >= 11 is 0. The van der Waals surface area contributed by atoms with Crippen LogP contribution in [0, 0.1) is 11.6 Å². The summed E-state index contributed by atoms with van der Waals surface area (Å²) in [6, 6.07) is 5.75. The van der Waals surface area contributed by atoms with E-state index in [1.165, 1.54) is 18.2 Å². The zero-order chi connectivity index (χ0) is 20.1. The fraction of sp³-hybridized carbons (Fsp3) is 0.211. The van der Waals surface area contributed by atoms with Gasteiger partial charge in [-0.15, -0.1) is 0 Å². The number of benzene rings is 2. The summed E-state index contributed by atoms with van der Waals surface area (Å²) in [5, 5.41) is 11.9. The second-order valence-electron chi connectivity index (χ2n) is 6.71. The van der Waals surface area contributed by atoms with E-state index < -0.39 is 33.7 Å². The van der Waals surface area contributed by atoms with Gasteiger partial charge in [0.1, 0.15) is 0 Å². The molecule has 0 bridgehead atoms. The van der Waals surface area contributed by atoms with Crippen LogP contribution in [-0.4, -0.2) is 42.9 Å². The lowest BCUT2D eigenvalue weighted by Gasteiger charge is -2.34. The number of carbonyl (C=O) groups excluding carboxylic acids is 1. The zero-order valence-electron chi connectivity index (χ0n) is 14.5. The molecular formula is C19H16F2N2O4S. The van der Waals surface area contributed by atoms with E-state index in [0.717, 1.165) is 16.4 Å². The van der Waals surface area contributed by atoms with E-state index in [4.69, 9.17) is 0 Å². The van der Waals surface area contributed by atoms with Crippen LogP contribution in [0.4, 0.5) is 14.5 Å². The number of nitrogens with zero attached hydrogens (tertiary/aromatic N) is 1. The normalized spacial score (nSPS) is 16.7. The van der Waals surface area contributed by atoms with E-state index in [2.05, 4.69) is 5.32 Å². The number of allylic oxidation sites excluding steroid dienone is 1. The maximum atomic E-state index is 13.4. The molecule has 6 nitrogen and oxygen atoms in total. The van der Waals surface area contributed by atoms with Crippen LogP contribution in [0.15, 0.2) is 41.3 Å². The molecular weight excluding hydrogens is 390 g/mol. The minimum Gasteiger partial charge on any atom is -0.390 e. The Morgan fingerprint density at radius 2 is 1.89 bits per heavy atom. The molecule has 2 aromatic carbocycles. The summed E-state index contributed by atoms with van der Waals surface area (Å²) in [5.74, 6) is -2.77. The van der Waals surface area contributed by atoms with Crippen molar-refractivity contribution < 1.29 is 27.1 Å². The highest BCUT2D eigenvalue weighted by atomic mass is 32.2. The highest BCUT2D eigenvalue weighted by Gasteiger charge is 2.36. The summed E-state index contributed by atoms with van der Waals surface area (Å²) < 4.78 is 53.1. The molecule has 28 heavy (non-hydrogen) atoms. The molecule has 4 rings (SSSR count). The average molecular weight is 406 g/mol. The van der Waals surface area contributed by atoms with Gasteiger partial charge in [0, 0.05) is 30.4 Å². The molecule has 0 radical (unpaired) electrons. The molecule has 0 atom stereocenters. The minimum absolute atomic E-state index is 0.00799. The quantitative estimate of drug-likeness (QED) is 0.815. The lowest BCUT2D eigenvalue weighted by atomic mass is 10.0. The third-order valence-corrected chi connectivity index (χ3v) is 6.56. The van der Waals surface area contributed by atoms with Crippen LogP contribution in [-0.2, 0) is 16.4 Å². The van der Waals surface area contributed by atoms with Crippen LogP contribution >= 0.6 is 0 Å². The number of anilines is 1. The molecule has 1 heterocycles. The predicted molar refractivity (Wildman–Crippen MR) is 98.3 cm³/mol. The van der Waals surface area contributed by atoms with Gasteiger partial charge in [-0.05, 0) is 41.8 Å². The van der Waals surface area contributed by atoms with Crippen molar-refractivity contribution in [1.29, 1.82) is 0 Å². The molecule has 0 spiro atoms. The predicted octanol–water partition coefficient (Wildman–Crippen LogP) is 2.15. The molecule has 0 saturated carbocycles. The third-order valence-electron chi connectivity index (χ3n) is 4.75. The Hall–Kier alpha value is -2.62. The molecule has 2 aliphatic rings. The van der Waals surface area contributed by atoms with E-state index in [-0.39, 0.29) is 29.2 Å². The topological polar surface area (TPSA) is 86.7 Å². The number of amides is 1. The van der Waals surface area contributed by atoms with E-state index in [0.29, 0.717) is 17.5 Å². The number of hydrogen-bond acceptors (Lipinski definition) is 4. The Morgan fingerprint density at radius 1 is 1.14 bits per heavy atom. The molecule has 9 heteroatoms. The molecule has 1 aliphatic carbocycles. The van der Waals surface area contributed by atoms with Crippen molar-refractivity contribution in [2.75, 3.05) is 18.4 Å². The largest absolute Gasteiger partial charge is 0.390 e. The fourth-order valence-corrected chi connectivity index (χ4v) is 4.82. The van der Waals surface area contributed by atoms with Gasteiger partial charge in [0.25, 0.3) is 5.91 Å². The maximum absolute atomic E-state index is 13.4. The number of halogens is 2. The first kappa shape index (κ1) is 18.7. The van der Waals surface area contributed by atoms with Gasteiger partial charge in [0.05, 0.1) is 11.0 Å². The molecule has 2 aromatic rings. The van der Waals surface area contributed by atoms with Crippen molar-refractivity contribution in [3.63, 3.8) is 0 Å². The Balaban J connectivity index is 1.70. The molecule has 2 N–H and O–H groups in total. The average Bonchev–Trinajstić information content (AvgIpc) is 3.09. The fourth-order valence-electron chi connectivity index (χ4n) is 3.22. The molecule has 1 fully saturated rings. The second kappa shape index (κ2) is 6.77. The number of hydrogen-bond donors (Lipinski definition) is 2. The first-order valence-electron chi connectivity index (χ1n) is 8.54. The first-order chi connectivity index (χ1) is 13.3. The highest BCUT2D eigenvalue weighted by molar-refractivity contribution is 7.89. The Morgan fingerprint density at radius 3 is 2.57 bits per heavy atom. The minimum atomic E-state index is -3.84. The van der Waals surface area contributed by atoms with Gasteiger partial charge in [0.15, 0.2) is 11.6 Å². The van der Waals surface area contributed by atoms with Gasteiger partial charge in [-0.2, -0.15) is 4.31 Å². The number of aliphatic hydroxyl groups excluding tert-OH is 1. The van der Waals surface area contributed by atoms with E-state index in [1.54, 1.807) is 6.08 Å². The van der Waals surface area contributed by atoms with Crippen molar-refractivity contribution in [2.45, 2.75) is 17.4 Å². The molecule has 146 valence electrons. The summed E-state index contributed by atoms with van der Waals surface area (Å²) in [6.07, 6.45) is 3.32. The Labute approximate surface area is 160 Å². The van der Waals surface area contributed by atoms with Crippen molar-refractivity contribution >= 4 is 27.7 Å². The van der Waals surface area contributed by atoms with Crippen LogP contribution in [0.1, 0.15) is 21.5 Å². The summed E-state index contributed by atoms with van der Waals surface area (Å²) in [5.41, 5.74) is 1.44. The number of sulfonamides is 1. The van der Waals surface area contributed by atoms with Gasteiger partial charge >= 0.3 is 0 Å². The van der Waals surface area contributed by atoms with Gasteiger partial charge in [-0.3, -0.25) is 4.79 Å². The number of carbonyl (C=O) groups is 1. The van der Waals surface area contributed by atoms with E-state index >= 15 is 0 Å². The molecule has 1 saturated heterocycles. The summed E-state index contributed by atoms with van der Waals surface area (Å²) in [7, 11) is -3.84. The van der Waals surface area contributed by atoms with E-state index in [1.807, 2.05) is 6.08 Å². The van der Waals surface area contributed by atoms with Crippen LogP contribution in [0.2, 0.25) is 0 Å². The Bertz CT molecular complexity index is 1110. The Kier molecular flexibility index (Phi) is 4.53. The molecule has 0 unspecified atom stereocenters. The number of fused-ring (bicyclic) bond motifs is 1. The standard InChI is InChI=1S/C19H16F2N2O4S/c20-17-5-4-12(7-18(17)21)22-19(25)16-8-14(6-11-2-1-3-15(11)16)28(26,27)23-9-13(24)10-23/h1,3-8,13,24H,2,9-10H2,(H,22,25). The SMILES string of the molecule is O=C(Nc1ccc(F)c(F)c1)c1cc(S(=O)(=O)N2CC(O)C2)cc2c1C=CC2. The monoisotopic (exact) mass is 406 g/mol. The van der Waals surface area contributed by atoms with Gasteiger partial charge in [0.2, 0.25) is 10.0 Å². The van der Waals surface area contributed by atoms with E-state index in [9.17, 15) is 27.1 Å². The molecule has 1 amide bonds. The van der Waals surface area contributed by atoms with Gasteiger partial charge in [-0.1, -0.05) is 12.2 Å². The van der Waals surface area contributed by atoms with Crippen molar-refractivity contribution in [2.24, 2.45) is 0 Å². The number of nitrogens with one attached hydrogen (secondary N) is 1. The zero-order valence-corrected chi connectivity index (χ0v) is 15.3. The van der Waals surface area contributed by atoms with Crippen LogP contribution in [0.25, 0.3) is 6.08 Å². The van der Waals surface area contributed by atoms with Crippen LogP contribution in [0.3, 0.4) is 0 Å². The second-order valence-corrected chi connectivity index (χ2v) is 8.65. The summed E-state index contributed by atoms with van der Waals surface area (Å²) in [6.45, 7) is 0.0160. The van der Waals surface area contributed by atoms with Gasteiger partial charge in [-0.25, -0.2) is 17.2 Å². The molecule has 0 aromatic heterocycles. The van der Waals surface area contributed by atoms with Gasteiger partial charge < -0.3 is 10.4 Å². The van der Waals surface area contributed by atoms with Crippen LogP contribution in [0.5, 0.6) is 0 Å². The van der Waals surface area contributed by atoms with Crippen molar-refractivity contribution in [3.8, 4) is 0 Å². The number of aliphatic hydroxyl groups is 1. The maximum Gasteiger partial charge on any atom is 0.256 e. The highest BCUT2D eigenvalue weighted by Crippen LogP contribution is 2.30. The number of β-amino-alcohol motifs (C(OH)–C–C–N with tert-alkyl or cyclic N) is 1. The summed E-state index contributed by atoms with van der Waals surface area (Å²) in [4.78, 5) is 12.7. The van der Waals surface area contributed by atoms with Crippen molar-refractivity contribution in [1.82, 2.24) is 4.31 Å². The third kappa shape index (κ3) is 3.21. The smallest absolute Gasteiger partial charge is 0.256 e. The lowest BCUT2D eigenvalue weighted by Crippen LogP contribution is -2.53. The number of rotatable bonds is 4.